The quantitative estimate of drug-likeness (QED) is 0.769. The summed E-state index contributed by atoms with van der Waals surface area (Å²) >= 11 is 0. The maximum Gasteiger partial charge on any atom is 0.223 e. The highest BCUT2D eigenvalue weighted by molar-refractivity contribution is 7.89. The molecule has 25 heavy (non-hydrogen) atoms. The van der Waals surface area contributed by atoms with Crippen LogP contribution in [0.1, 0.15) is 53.4 Å². The monoisotopic (exact) mass is 373 g/mol. The maximum atomic E-state index is 12.5. The van der Waals surface area contributed by atoms with Crippen LogP contribution in [0.15, 0.2) is 0 Å². The number of carbonyl (C=O) groups excluding carboxylic acids is 1. The van der Waals surface area contributed by atoms with E-state index in [0.717, 1.165) is 13.1 Å². The number of amides is 1. The van der Waals surface area contributed by atoms with Crippen molar-refractivity contribution in [3.63, 3.8) is 0 Å². The molecule has 0 spiro atoms. The number of sulfonamides is 1. The summed E-state index contributed by atoms with van der Waals surface area (Å²) in [5.74, 6) is 0.853. The first-order chi connectivity index (χ1) is 11.7. The van der Waals surface area contributed by atoms with E-state index in [4.69, 9.17) is 0 Å². The molecule has 0 radical (unpaired) electrons. The van der Waals surface area contributed by atoms with Crippen molar-refractivity contribution in [2.75, 3.05) is 38.5 Å². The van der Waals surface area contributed by atoms with E-state index in [0.29, 0.717) is 38.4 Å². The van der Waals surface area contributed by atoms with Gasteiger partial charge in [0, 0.05) is 37.6 Å². The van der Waals surface area contributed by atoms with Gasteiger partial charge in [-0.25, -0.2) is 12.7 Å². The van der Waals surface area contributed by atoms with Crippen molar-refractivity contribution in [2.45, 2.75) is 58.9 Å². The van der Waals surface area contributed by atoms with Gasteiger partial charge in [-0.1, -0.05) is 6.92 Å². The second-order valence-electron chi connectivity index (χ2n) is 8.30. The molecule has 1 amide bonds. The van der Waals surface area contributed by atoms with Gasteiger partial charge in [-0.05, 0) is 58.9 Å². The lowest BCUT2D eigenvalue weighted by atomic mass is 9.93. The van der Waals surface area contributed by atoms with E-state index in [1.807, 2.05) is 0 Å². The van der Waals surface area contributed by atoms with Crippen LogP contribution in [0.25, 0.3) is 0 Å². The molecule has 2 rings (SSSR count). The third-order valence-corrected chi connectivity index (χ3v) is 7.67. The average molecular weight is 374 g/mol. The van der Waals surface area contributed by atoms with E-state index < -0.39 is 10.0 Å². The second-order valence-corrected chi connectivity index (χ2v) is 10.6. The molecule has 2 aliphatic rings. The van der Waals surface area contributed by atoms with Crippen LogP contribution in [-0.2, 0) is 14.8 Å². The largest absolute Gasteiger partial charge is 0.354 e. The number of hydrogen-bond acceptors (Lipinski definition) is 4. The van der Waals surface area contributed by atoms with Gasteiger partial charge in [-0.15, -0.1) is 0 Å². The first kappa shape index (κ1) is 20.6. The van der Waals surface area contributed by atoms with Gasteiger partial charge in [0.15, 0.2) is 0 Å². The van der Waals surface area contributed by atoms with Gasteiger partial charge >= 0.3 is 0 Å². The molecule has 0 aromatic heterocycles. The first-order valence-electron chi connectivity index (χ1n) is 9.66. The molecule has 0 bridgehead atoms. The molecule has 1 atom stereocenters. The predicted octanol–water partition coefficient (Wildman–Crippen LogP) is 1.67. The third-order valence-electron chi connectivity index (χ3n) is 5.79. The summed E-state index contributed by atoms with van der Waals surface area (Å²) in [7, 11) is -3.13. The highest BCUT2D eigenvalue weighted by Crippen LogP contribution is 2.24. The number of nitrogens with one attached hydrogen (secondary N) is 1. The lowest BCUT2D eigenvalue weighted by Gasteiger charge is -2.43. The molecule has 0 aromatic carbocycles. The number of nitrogens with zero attached hydrogens (tertiary/aromatic N) is 2. The van der Waals surface area contributed by atoms with Crippen molar-refractivity contribution >= 4 is 15.9 Å². The number of carbonyl (C=O) groups is 1. The molecule has 1 unspecified atom stereocenters. The smallest absolute Gasteiger partial charge is 0.223 e. The minimum absolute atomic E-state index is 0.0450. The van der Waals surface area contributed by atoms with E-state index in [-0.39, 0.29) is 23.1 Å². The standard InChI is InChI=1S/C18H35N3O3S/c1-5-25(23,24)21-11-8-16(9-12-21)17(22)19-14-18(3,4)20-10-6-7-15(2)13-20/h15-16H,5-14H2,1-4H3,(H,19,22). The molecule has 0 aromatic rings. The first-order valence-corrected chi connectivity index (χ1v) is 11.3. The summed E-state index contributed by atoms with van der Waals surface area (Å²) in [4.78, 5) is 15.0. The van der Waals surface area contributed by atoms with Crippen LogP contribution in [0.2, 0.25) is 0 Å². The Labute approximate surface area is 153 Å². The zero-order valence-electron chi connectivity index (χ0n) is 16.3. The molecule has 2 fully saturated rings. The van der Waals surface area contributed by atoms with Crippen LogP contribution in [0.3, 0.4) is 0 Å². The lowest BCUT2D eigenvalue weighted by molar-refractivity contribution is -0.126. The van der Waals surface area contributed by atoms with Crippen molar-refractivity contribution in [3.05, 3.63) is 0 Å². The van der Waals surface area contributed by atoms with E-state index in [1.165, 1.54) is 17.1 Å². The van der Waals surface area contributed by atoms with Crippen LogP contribution < -0.4 is 5.32 Å². The van der Waals surface area contributed by atoms with Gasteiger partial charge in [0.2, 0.25) is 15.9 Å². The molecule has 7 heteroatoms. The molecule has 2 aliphatic heterocycles. The zero-order chi connectivity index (χ0) is 18.7. The Morgan fingerprint density at radius 1 is 1.16 bits per heavy atom. The summed E-state index contributed by atoms with van der Waals surface area (Å²) < 4.78 is 25.3. The molecular formula is C18H35N3O3S. The van der Waals surface area contributed by atoms with E-state index >= 15 is 0 Å². The fraction of sp³-hybridized carbons (Fsp3) is 0.944. The van der Waals surface area contributed by atoms with Crippen molar-refractivity contribution < 1.29 is 13.2 Å². The Hall–Kier alpha value is -0.660. The highest BCUT2D eigenvalue weighted by atomic mass is 32.2. The lowest BCUT2D eigenvalue weighted by Crippen LogP contribution is -2.55. The average Bonchev–Trinajstić information content (AvgIpc) is 2.60. The summed E-state index contributed by atoms with van der Waals surface area (Å²) in [6.45, 7) is 12.1. The van der Waals surface area contributed by atoms with Crippen molar-refractivity contribution in [1.29, 1.82) is 0 Å². The molecular weight excluding hydrogens is 338 g/mol. The van der Waals surface area contributed by atoms with Crippen molar-refractivity contribution in [1.82, 2.24) is 14.5 Å². The van der Waals surface area contributed by atoms with E-state index in [2.05, 4.69) is 31.0 Å². The zero-order valence-corrected chi connectivity index (χ0v) is 17.1. The van der Waals surface area contributed by atoms with E-state index in [1.54, 1.807) is 6.92 Å². The Kier molecular flexibility index (Phi) is 6.90. The topological polar surface area (TPSA) is 69.7 Å². The number of likely N-dealkylation sites (tertiary alicyclic amines) is 1. The van der Waals surface area contributed by atoms with Gasteiger partial charge in [0.25, 0.3) is 0 Å². The fourth-order valence-electron chi connectivity index (χ4n) is 3.88. The van der Waals surface area contributed by atoms with Crippen LogP contribution in [-0.4, -0.2) is 67.5 Å². The molecule has 2 heterocycles. The fourth-order valence-corrected chi connectivity index (χ4v) is 5.01. The predicted molar refractivity (Wildman–Crippen MR) is 101 cm³/mol. The summed E-state index contributed by atoms with van der Waals surface area (Å²) in [6.07, 6.45) is 3.75. The Morgan fingerprint density at radius 3 is 2.36 bits per heavy atom. The minimum Gasteiger partial charge on any atom is -0.354 e. The van der Waals surface area contributed by atoms with Crippen molar-refractivity contribution in [2.24, 2.45) is 11.8 Å². The van der Waals surface area contributed by atoms with Crippen LogP contribution in [0, 0.1) is 11.8 Å². The second kappa shape index (κ2) is 8.35. The van der Waals surface area contributed by atoms with Gasteiger partial charge < -0.3 is 5.32 Å². The number of piperidine rings is 2. The summed E-state index contributed by atoms with van der Waals surface area (Å²) in [5.41, 5.74) is -0.0450. The van der Waals surface area contributed by atoms with Crippen molar-refractivity contribution in [3.8, 4) is 0 Å². The molecule has 1 N–H and O–H groups in total. The van der Waals surface area contributed by atoms with Crippen LogP contribution in [0.4, 0.5) is 0 Å². The molecule has 146 valence electrons. The van der Waals surface area contributed by atoms with Crippen LogP contribution in [0.5, 0.6) is 0 Å². The Bertz CT molecular complexity index is 554. The highest BCUT2D eigenvalue weighted by Gasteiger charge is 2.33. The van der Waals surface area contributed by atoms with Gasteiger partial charge in [0.1, 0.15) is 0 Å². The molecule has 0 aliphatic carbocycles. The molecule has 6 nitrogen and oxygen atoms in total. The Balaban J connectivity index is 1.81. The maximum absolute atomic E-state index is 12.5. The SMILES string of the molecule is CCS(=O)(=O)N1CCC(C(=O)NCC(C)(C)N2CCCC(C)C2)CC1. The van der Waals surface area contributed by atoms with Gasteiger partial charge in [-0.2, -0.15) is 0 Å². The summed E-state index contributed by atoms with van der Waals surface area (Å²) in [6, 6.07) is 0. The van der Waals surface area contributed by atoms with Gasteiger partial charge in [-0.3, -0.25) is 9.69 Å². The van der Waals surface area contributed by atoms with Gasteiger partial charge in [0.05, 0.1) is 5.75 Å². The normalized spacial score (nSPS) is 25.0. The van der Waals surface area contributed by atoms with E-state index in [9.17, 15) is 13.2 Å². The number of hydrogen-bond donors (Lipinski definition) is 1. The minimum atomic E-state index is -3.13. The molecule has 0 saturated carbocycles. The number of rotatable bonds is 6. The van der Waals surface area contributed by atoms with Crippen LogP contribution >= 0.6 is 0 Å². The molecule has 2 saturated heterocycles. The summed E-state index contributed by atoms with van der Waals surface area (Å²) in [5, 5.41) is 3.12. The third kappa shape index (κ3) is 5.41. The Morgan fingerprint density at radius 2 is 1.80 bits per heavy atom.